The molecule has 4 aromatic carbocycles. The van der Waals surface area contributed by atoms with E-state index >= 15 is 0 Å². The summed E-state index contributed by atoms with van der Waals surface area (Å²) in [6.07, 6.45) is -0.811. The van der Waals surface area contributed by atoms with Gasteiger partial charge in [-0.05, 0) is 48.0 Å². The maximum absolute atomic E-state index is 12.8. The van der Waals surface area contributed by atoms with E-state index in [0.29, 0.717) is 34.7 Å². The topological polar surface area (TPSA) is 124 Å². The zero-order chi connectivity index (χ0) is 29.5. The first kappa shape index (κ1) is 28.3. The molecular formula is C32H26N2O7S. The van der Waals surface area contributed by atoms with Crippen LogP contribution in [0.15, 0.2) is 108 Å². The number of aromatic nitrogens is 1. The van der Waals surface area contributed by atoms with E-state index in [4.69, 9.17) is 9.47 Å². The number of rotatable bonds is 11. The number of thiazole rings is 1. The van der Waals surface area contributed by atoms with Crippen molar-refractivity contribution in [3.05, 3.63) is 129 Å². The van der Waals surface area contributed by atoms with Gasteiger partial charge in [-0.2, -0.15) is 0 Å². The van der Waals surface area contributed by atoms with Crippen molar-refractivity contribution < 1.29 is 29.0 Å². The van der Waals surface area contributed by atoms with Crippen molar-refractivity contribution in [3.8, 4) is 11.5 Å². The van der Waals surface area contributed by atoms with Crippen LogP contribution in [-0.2, 0) is 17.8 Å². The molecule has 0 fully saturated rings. The number of carbonyl (C=O) groups is 3. The monoisotopic (exact) mass is 582 g/mol. The number of nitrogens with zero attached hydrogens (tertiary/aromatic N) is 1. The maximum Gasteiger partial charge on any atom is 0.413 e. The molecule has 10 heteroatoms. The van der Waals surface area contributed by atoms with Crippen LogP contribution < -0.4 is 19.7 Å². The lowest BCUT2D eigenvalue weighted by Gasteiger charge is -2.15. The molecule has 212 valence electrons. The summed E-state index contributed by atoms with van der Waals surface area (Å²) in [5.74, 6) is -0.439. The molecule has 0 saturated heterocycles. The first-order valence-corrected chi connectivity index (χ1v) is 13.9. The average molecular weight is 583 g/mol. The molecule has 0 spiro atoms. The van der Waals surface area contributed by atoms with Crippen LogP contribution in [0.2, 0.25) is 0 Å². The number of hydrogen-bond donors (Lipinski definition) is 2. The Morgan fingerprint density at radius 2 is 1.52 bits per heavy atom. The number of carbonyl (C=O) groups excluding carboxylic acids is 2. The number of aliphatic carboxylic acids is 1. The Balaban J connectivity index is 1.16. The number of benzene rings is 4. The van der Waals surface area contributed by atoms with E-state index in [2.05, 4.69) is 5.32 Å². The summed E-state index contributed by atoms with van der Waals surface area (Å²) in [4.78, 5) is 49.2. The summed E-state index contributed by atoms with van der Waals surface area (Å²) in [5, 5.41) is 11.9. The molecule has 1 heterocycles. The molecule has 42 heavy (non-hydrogen) atoms. The number of carboxylic acid groups (broad SMARTS) is 1. The van der Waals surface area contributed by atoms with Gasteiger partial charge in [0.1, 0.15) is 24.1 Å². The van der Waals surface area contributed by atoms with Gasteiger partial charge in [-0.25, -0.2) is 9.59 Å². The molecule has 5 aromatic rings. The highest BCUT2D eigenvalue weighted by Gasteiger charge is 2.21. The van der Waals surface area contributed by atoms with Gasteiger partial charge in [0, 0.05) is 17.5 Å². The number of para-hydroxylation sites is 1. The fraction of sp³-hybridized carbons (Fsp3) is 0.125. The van der Waals surface area contributed by atoms with Crippen molar-refractivity contribution in [2.75, 3.05) is 6.61 Å². The SMILES string of the molecule is O=C(NC(Cc1ccc(OCCn2c(=O)sc3cc(C(=O)c4ccccc4)ccc32)cc1)C(=O)O)Oc1ccccc1. The van der Waals surface area contributed by atoms with Crippen molar-refractivity contribution in [3.63, 3.8) is 0 Å². The minimum atomic E-state index is -1.19. The highest BCUT2D eigenvalue weighted by molar-refractivity contribution is 7.16. The van der Waals surface area contributed by atoms with Crippen molar-refractivity contribution in [1.29, 1.82) is 0 Å². The summed E-state index contributed by atoms with van der Waals surface area (Å²) in [7, 11) is 0. The Bertz CT molecular complexity index is 1760. The molecular weight excluding hydrogens is 556 g/mol. The molecule has 1 unspecified atom stereocenters. The van der Waals surface area contributed by atoms with Crippen LogP contribution in [0, 0.1) is 0 Å². The van der Waals surface area contributed by atoms with E-state index in [1.807, 2.05) is 18.2 Å². The van der Waals surface area contributed by atoms with Crippen molar-refractivity contribution in [2.45, 2.75) is 19.0 Å². The first-order valence-electron chi connectivity index (χ1n) is 13.1. The molecule has 1 atom stereocenters. The van der Waals surface area contributed by atoms with E-state index in [-0.39, 0.29) is 23.7 Å². The fourth-order valence-corrected chi connectivity index (χ4v) is 5.31. The van der Waals surface area contributed by atoms with Gasteiger partial charge in [-0.3, -0.25) is 14.2 Å². The molecule has 0 aliphatic carbocycles. The third kappa shape index (κ3) is 6.91. The van der Waals surface area contributed by atoms with Gasteiger partial charge in [0.05, 0.1) is 16.8 Å². The van der Waals surface area contributed by atoms with E-state index in [9.17, 15) is 24.3 Å². The van der Waals surface area contributed by atoms with Gasteiger partial charge < -0.3 is 19.9 Å². The van der Waals surface area contributed by atoms with E-state index < -0.39 is 18.1 Å². The Labute approximate surface area is 244 Å². The minimum absolute atomic E-state index is 0.0462. The Morgan fingerprint density at radius 1 is 0.833 bits per heavy atom. The standard InChI is InChI=1S/C32H26N2O7S/c35-29(22-7-3-1-4-8-22)23-13-16-27-28(20-23)42-32(39)34(27)17-18-40-24-14-11-21(12-15-24)19-26(30(36)37)33-31(38)41-25-9-5-2-6-10-25/h1-16,20,26H,17-19H2,(H,33,38)(H,36,37). The van der Waals surface area contributed by atoms with E-state index in [1.54, 1.807) is 89.5 Å². The number of ketones is 1. The molecule has 1 aromatic heterocycles. The fourth-order valence-electron chi connectivity index (χ4n) is 4.36. The van der Waals surface area contributed by atoms with Gasteiger partial charge in [-0.1, -0.05) is 72.0 Å². The highest BCUT2D eigenvalue weighted by atomic mass is 32.1. The Hall–Kier alpha value is -5.22. The summed E-state index contributed by atoms with van der Waals surface area (Å²) in [6.45, 7) is 0.529. The molecule has 1 amide bonds. The third-order valence-electron chi connectivity index (χ3n) is 6.46. The molecule has 0 aliphatic heterocycles. The number of carboxylic acids is 1. The number of amides is 1. The van der Waals surface area contributed by atoms with Crippen LogP contribution in [0.5, 0.6) is 11.5 Å². The number of ether oxygens (including phenoxy) is 2. The van der Waals surface area contributed by atoms with Gasteiger partial charge in [-0.15, -0.1) is 0 Å². The summed E-state index contributed by atoms with van der Waals surface area (Å²) < 4.78 is 13.3. The molecule has 9 nitrogen and oxygen atoms in total. The van der Waals surface area contributed by atoms with Crippen LogP contribution in [0.3, 0.4) is 0 Å². The second-order valence-corrected chi connectivity index (χ2v) is 10.3. The van der Waals surface area contributed by atoms with E-state index in [0.717, 1.165) is 21.6 Å². The van der Waals surface area contributed by atoms with Crippen LogP contribution in [0.25, 0.3) is 10.2 Å². The zero-order valence-electron chi connectivity index (χ0n) is 22.3. The summed E-state index contributed by atoms with van der Waals surface area (Å²) in [6, 6.07) is 28.2. The smallest absolute Gasteiger partial charge is 0.413 e. The first-order chi connectivity index (χ1) is 20.4. The van der Waals surface area contributed by atoms with Gasteiger partial charge in [0.15, 0.2) is 5.78 Å². The van der Waals surface area contributed by atoms with Crippen molar-refractivity contribution in [2.24, 2.45) is 0 Å². The summed E-state index contributed by atoms with van der Waals surface area (Å²) in [5.41, 5.74) is 2.51. The van der Waals surface area contributed by atoms with Crippen molar-refractivity contribution >= 4 is 39.4 Å². The highest BCUT2D eigenvalue weighted by Crippen LogP contribution is 2.22. The summed E-state index contributed by atoms with van der Waals surface area (Å²) >= 11 is 1.08. The zero-order valence-corrected chi connectivity index (χ0v) is 23.1. The average Bonchev–Trinajstić information content (AvgIpc) is 3.32. The Kier molecular flexibility index (Phi) is 8.74. The molecule has 0 aliphatic rings. The van der Waals surface area contributed by atoms with Crippen LogP contribution in [0.1, 0.15) is 21.5 Å². The van der Waals surface area contributed by atoms with Gasteiger partial charge in [0.2, 0.25) is 0 Å². The maximum atomic E-state index is 12.8. The lowest BCUT2D eigenvalue weighted by atomic mass is 10.0. The number of nitrogens with one attached hydrogen (secondary N) is 1. The predicted molar refractivity (Wildman–Crippen MR) is 159 cm³/mol. The largest absolute Gasteiger partial charge is 0.492 e. The molecule has 5 rings (SSSR count). The quantitative estimate of drug-likeness (QED) is 0.206. The second-order valence-electron chi connectivity index (χ2n) is 9.33. The van der Waals surface area contributed by atoms with Crippen molar-refractivity contribution in [1.82, 2.24) is 9.88 Å². The lowest BCUT2D eigenvalue weighted by molar-refractivity contribution is -0.139. The molecule has 2 N–H and O–H groups in total. The normalized spacial score (nSPS) is 11.5. The molecule has 0 bridgehead atoms. The van der Waals surface area contributed by atoms with Gasteiger partial charge in [0.25, 0.3) is 0 Å². The second kappa shape index (κ2) is 13.0. The van der Waals surface area contributed by atoms with Crippen LogP contribution in [0.4, 0.5) is 4.79 Å². The molecule has 0 radical (unpaired) electrons. The molecule has 0 saturated carbocycles. The number of fused-ring (bicyclic) bond motifs is 1. The predicted octanol–water partition coefficient (Wildman–Crippen LogP) is 5.16. The Morgan fingerprint density at radius 3 is 2.21 bits per heavy atom. The van der Waals surface area contributed by atoms with Crippen LogP contribution in [-0.4, -0.2) is 40.2 Å². The number of hydrogen-bond acceptors (Lipinski definition) is 7. The minimum Gasteiger partial charge on any atom is -0.492 e. The third-order valence-corrected chi connectivity index (χ3v) is 7.40. The lowest BCUT2D eigenvalue weighted by Crippen LogP contribution is -2.43. The van der Waals surface area contributed by atoms with Crippen LogP contribution >= 0.6 is 11.3 Å². The van der Waals surface area contributed by atoms with Gasteiger partial charge >= 0.3 is 16.9 Å². The van der Waals surface area contributed by atoms with E-state index in [1.165, 1.54) is 0 Å².